The summed E-state index contributed by atoms with van der Waals surface area (Å²) in [6.07, 6.45) is 2.50. The summed E-state index contributed by atoms with van der Waals surface area (Å²) in [5, 5.41) is 0. The summed E-state index contributed by atoms with van der Waals surface area (Å²) in [7, 11) is 0. The molecule has 0 fully saturated rings. The van der Waals surface area contributed by atoms with Gasteiger partial charge in [-0.25, -0.2) is 4.79 Å². The molecule has 0 amide bonds. The number of esters is 1. The van der Waals surface area contributed by atoms with Crippen molar-refractivity contribution in [3.05, 3.63) is 46.0 Å². The first kappa shape index (κ1) is 9.46. The second kappa shape index (κ2) is 3.96. The zero-order valence-corrected chi connectivity index (χ0v) is 9.08. The maximum Gasteiger partial charge on any atom is 0.334 e. The molecule has 1 aliphatic rings. The summed E-state index contributed by atoms with van der Waals surface area (Å²) in [5.74, 6) is -0.187. The van der Waals surface area contributed by atoms with Crippen molar-refractivity contribution in [2.45, 2.75) is 6.42 Å². The highest BCUT2D eigenvalue weighted by Gasteiger charge is 2.16. The molecule has 0 spiro atoms. The van der Waals surface area contributed by atoms with E-state index in [4.69, 9.17) is 4.74 Å². The smallest absolute Gasteiger partial charge is 0.334 e. The van der Waals surface area contributed by atoms with E-state index < -0.39 is 0 Å². The van der Waals surface area contributed by atoms with Gasteiger partial charge in [0.15, 0.2) is 0 Å². The molecule has 0 aliphatic carbocycles. The first-order chi connectivity index (χ1) is 6.75. The average molecular weight is 253 g/mol. The zero-order valence-electron chi connectivity index (χ0n) is 7.50. The van der Waals surface area contributed by atoms with Gasteiger partial charge in [-0.05, 0) is 23.8 Å². The van der Waals surface area contributed by atoms with Crippen molar-refractivity contribution in [2.75, 3.05) is 6.61 Å². The van der Waals surface area contributed by atoms with Gasteiger partial charge in [0.05, 0.1) is 0 Å². The van der Waals surface area contributed by atoms with E-state index >= 15 is 0 Å². The van der Waals surface area contributed by atoms with Gasteiger partial charge in [-0.2, -0.15) is 0 Å². The fourth-order valence-corrected chi connectivity index (χ4v) is 1.62. The van der Waals surface area contributed by atoms with Crippen LogP contribution in [0.4, 0.5) is 0 Å². The Morgan fingerprint density at radius 3 is 2.57 bits per heavy atom. The molecule has 1 aliphatic heterocycles. The van der Waals surface area contributed by atoms with Crippen molar-refractivity contribution in [2.24, 2.45) is 0 Å². The first-order valence-electron chi connectivity index (χ1n) is 4.36. The Morgan fingerprint density at radius 2 is 2.00 bits per heavy atom. The van der Waals surface area contributed by atoms with E-state index in [1.54, 1.807) is 0 Å². The molecule has 0 radical (unpaired) electrons. The van der Waals surface area contributed by atoms with Gasteiger partial charge in [0.2, 0.25) is 0 Å². The fourth-order valence-electron chi connectivity index (χ4n) is 1.36. The molecule has 0 N–H and O–H groups in total. The van der Waals surface area contributed by atoms with Gasteiger partial charge >= 0.3 is 5.97 Å². The van der Waals surface area contributed by atoms with Crippen LogP contribution in [-0.2, 0) is 16.0 Å². The summed E-state index contributed by atoms with van der Waals surface area (Å²) in [6, 6.07) is 7.93. The molecule has 3 heteroatoms. The van der Waals surface area contributed by atoms with Crippen molar-refractivity contribution in [3.63, 3.8) is 0 Å². The Kier molecular flexibility index (Phi) is 2.68. The largest absolute Gasteiger partial charge is 0.458 e. The normalized spacial score (nSPS) is 15.2. The monoisotopic (exact) mass is 252 g/mol. The molecule has 0 unspecified atom stereocenters. The molecule has 2 nitrogen and oxygen atoms in total. The Morgan fingerprint density at radius 1 is 1.29 bits per heavy atom. The SMILES string of the molecule is O=C1OCC=C1Cc1ccc(Br)cc1. The third kappa shape index (κ3) is 2.04. The molecule has 0 aromatic heterocycles. The number of halogens is 1. The van der Waals surface area contributed by atoms with Gasteiger partial charge in [-0.3, -0.25) is 0 Å². The molecule has 1 aromatic rings. The lowest BCUT2D eigenvalue weighted by atomic mass is 10.1. The molecule has 2 rings (SSSR count). The minimum atomic E-state index is -0.187. The molecule has 0 saturated heterocycles. The van der Waals surface area contributed by atoms with Crippen molar-refractivity contribution in [1.29, 1.82) is 0 Å². The number of rotatable bonds is 2. The van der Waals surface area contributed by atoms with Crippen LogP contribution in [0.2, 0.25) is 0 Å². The van der Waals surface area contributed by atoms with Crippen molar-refractivity contribution in [1.82, 2.24) is 0 Å². The van der Waals surface area contributed by atoms with Crippen LogP contribution in [0.15, 0.2) is 40.4 Å². The topological polar surface area (TPSA) is 26.3 Å². The molecule has 14 heavy (non-hydrogen) atoms. The van der Waals surface area contributed by atoms with Crippen LogP contribution in [0.5, 0.6) is 0 Å². The van der Waals surface area contributed by atoms with E-state index in [9.17, 15) is 4.79 Å². The lowest BCUT2D eigenvalue weighted by Gasteiger charge is -2.00. The number of hydrogen-bond acceptors (Lipinski definition) is 2. The summed E-state index contributed by atoms with van der Waals surface area (Å²) >= 11 is 3.36. The standard InChI is InChI=1S/C11H9BrO2/c12-10-3-1-8(2-4-10)7-9-5-6-14-11(9)13/h1-5H,6-7H2. The lowest BCUT2D eigenvalue weighted by molar-refractivity contribution is -0.136. The van der Waals surface area contributed by atoms with Crippen molar-refractivity contribution >= 4 is 21.9 Å². The van der Waals surface area contributed by atoms with E-state index in [-0.39, 0.29) is 5.97 Å². The second-order valence-corrected chi connectivity index (χ2v) is 4.05. The van der Waals surface area contributed by atoms with E-state index in [1.165, 1.54) is 0 Å². The molecule has 1 aromatic carbocycles. The second-order valence-electron chi connectivity index (χ2n) is 3.13. The van der Waals surface area contributed by atoms with Gasteiger partial charge in [-0.15, -0.1) is 0 Å². The highest BCUT2D eigenvalue weighted by atomic mass is 79.9. The van der Waals surface area contributed by atoms with Gasteiger partial charge in [0.1, 0.15) is 6.61 Å². The van der Waals surface area contributed by atoms with Crippen LogP contribution in [0.3, 0.4) is 0 Å². The predicted molar refractivity (Wildman–Crippen MR) is 56.9 cm³/mol. The molecule has 0 bridgehead atoms. The van der Waals surface area contributed by atoms with E-state index in [2.05, 4.69) is 15.9 Å². The Hall–Kier alpha value is -1.09. The fraction of sp³-hybridized carbons (Fsp3) is 0.182. The number of cyclic esters (lactones) is 1. The maximum absolute atomic E-state index is 11.1. The Labute approximate surface area is 90.7 Å². The van der Waals surface area contributed by atoms with Gasteiger partial charge in [0.25, 0.3) is 0 Å². The maximum atomic E-state index is 11.1. The summed E-state index contributed by atoms with van der Waals surface area (Å²) in [4.78, 5) is 11.1. The molecule has 72 valence electrons. The van der Waals surface area contributed by atoms with Gasteiger partial charge in [0, 0.05) is 16.5 Å². The Balaban J connectivity index is 2.11. The van der Waals surface area contributed by atoms with E-state index in [0.29, 0.717) is 13.0 Å². The van der Waals surface area contributed by atoms with E-state index in [1.807, 2.05) is 30.3 Å². The third-order valence-corrected chi connectivity index (χ3v) is 2.64. The Bertz CT molecular complexity index is 379. The first-order valence-corrected chi connectivity index (χ1v) is 5.15. The number of carbonyl (C=O) groups excluding carboxylic acids is 1. The van der Waals surface area contributed by atoms with Gasteiger partial charge < -0.3 is 4.74 Å². The highest BCUT2D eigenvalue weighted by molar-refractivity contribution is 9.10. The minimum Gasteiger partial charge on any atom is -0.458 e. The summed E-state index contributed by atoms with van der Waals surface area (Å²) < 4.78 is 5.87. The van der Waals surface area contributed by atoms with Crippen LogP contribution < -0.4 is 0 Å². The molecule has 1 heterocycles. The van der Waals surface area contributed by atoms with E-state index in [0.717, 1.165) is 15.6 Å². The molecular formula is C11H9BrO2. The predicted octanol–water partition coefficient (Wildman–Crippen LogP) is 2.47. The summed E-state index contributed by atoms with van der Waals surface area (Å²) in [5.41, 5.74) is 1.88. The number of ether oxygens (including phenoxy) is 1. The van der Waals surface area contributed by atoms with Crippen molar-refractivity contribution < 1.29 is 9.53 Å². The average Bonchev–Trinajstić information content (AvgIpc) is 2.56. The number of carbonyl (C=O) groups is 1. The lowest BCUT2D eigenvalue weighted by Crippen LogP contribution is -2.01. The number of benzene rings is 1. The third-order valence-electron chi connectivity index (χ3n) is 2.11. The van der Waals surface area contributed by atoms with Crippen LogP contribution in [0, 0.1) is 0 Å². The quantitative estimate of drug-likeness (QED) is 0.757. The van der Waals surface area contributed by atoms with Crippen LogP contribution in [-0.4, -0.2) is 12.6 Å². The highest BCUT2D eigenvalue weighted by Crippen LogP contribution is 2.16. The van der Waals surface area contributed by atoms with Crippen molar-refractivity contribution in [3.8, 4) is 0 Å². The van der Waals surface area contributed by atoms with Crippen LogP contribution >= 0.6 is 15.9 Å². The summed E-state index contributed by atoms with van der Waals surface area (Å²) in [6.45, 7) is 0.421. The number of hydrogen-bond donors (Lipinski definition) is 0. The van der Waals surface area contributed by atoms with Crippen LogP contribution in [0.25, 0.3) is 0 Å². The molecule has 0 saturated carbocycles. The zero-order chi connectivity index (χ0) is 9.97. The molecular weight excluding hydrogens is 244 g/mol. The molecule has 0 atom stereocenters. The van der Waals surface area contributed by atoms with Gasteiger partial charge in [-0.1, -0.05) is 28.1 Å². The van der Waals surface area contributed by atoms with Crippen LogP contribution in [0.1, 0.15) is 5.56 Å². The minimum absolute atomic E-state index is 0.187.